The van der Waals surface area contributed by atoms with Crippen LogP contribution < -0.4 is 10.1 Å². The van der Waals surface area contributed by atoms with Crippen LogP contribution in [0.2, 0.25) is 0 Å². The lowest BCUT2D eigenvalue weighted by Gasteiger charge is -2.15. The second-order valence-corrected chi connectivity index (χ2v) is 3.90. The molecule has 1 atom stereocenters. The van der Waals surface area contributed by atoms with Crippen LogP contribution in [0.5, 0.6) is 5.75 Å². The van der Waals surface area contributed by atoms with Gasteiger partial charge in [0.2, 0.25) is 0 Å². The number of aryl methyl sites for hydroxylation is 1. The lowest BCUT2D eigenvalue weighted by atomic mass is 10.1. The molecule has 0 fully saturated rings. The molecule has 15 heavy (non-hydrogen) atoms. The molecule has 1 aromatic carbocycles. The molecule has 0 aromatic heterocycles. The van der Waals surface area contributed by atoms with E-state index >= 15 is 0 Å². The van der Waals surface area contributed by atoms with Crippen molar-refractivity contribution < 1.29 is 4.74 Å². The number of ether oxygens (including phenoxy) is 1. The Hall–Kier alpha value is -1.02. The maximum atomic E-state index is 5.31. The molecule has 0 bridgehead atoms. The first-order valence-electron chi connectivity index (χ1n) is 5.57. The molecule has 0 aliphatic carbocycles. The average Bonchev–Trinajstić information content (AvgIpc) is 2.26. The van der Waals surface area contributed by atoms with Crippen LogP contribution in [0.1, 0.15) is 37.4 Å². The standard InChI is InChI=1S/C13H21NO/c1-5-8-14-11(3)12-7-6-10(2)13(9-12)15-4/h6-7,9,11,14H,5,8H2,1-4H3. The maximum absolute atomic E-state index is 5.31. The highest BCUT2D eigenvalue weighted by molar-refractivity contribution is 5.37. The Morgan fingerprint density at radius 2 is 2.13 bits per heavy atom. The van der Waals surface area contributed by atoms with Crippen LogP contribution in [-0.2, 0) is 0 Å². The molecule has 0 aliphatic heterocycles. The van der Waals surface area contributed by atoms with E-state index in [1.165, 1.54) is 11.1 Å². The summed E-state index contributed by atoms with van der Waals surface area (Å²) in [4.78, 5) is 0. The molecular formula is C13H21NO. The summed E-state index contributed by atoms with van der Waals surface area (Å²) in [7, 11) is 1.72. The van der Waals surface area contributed by atoms with Crippen molar-refractivity contribution in [3.05, 3.63) is 29.3 Å². The normalized spacial score (nSPS) is 12.5. The summed E-state index contributed by atoms with van der Waals surface area (Å²) in [5.41, 5.74) is 2.47. The molecule has 1 N–H and O–H groups in total. The molecule has 2 nitrogen and oxygen atoms in total. The van der Waals surface area contributed by atoms with Crippen molar-refractivity contribution in [3.8, 4) is 5.75 Å². The lowest BCUT2D eigenvalue weighted by molar-refractivity contribution is 0.410. The molecule has 1 unspecified atom stereocenters. The average molecular weight is 207 g/mol. The molecule has 0 amide bonds. The number of benzene rings is 1. The highest BCUT2D eigenvalue weighted by atomic mass is 16.5. The second kappa shape index (κ2) is 5.76. The first-order valence-corrected chi connectivity index (χ1v) is 5.57. The van der Waals surface area contributed by atoms with Gasteiger partial charge in [-0.2, -0.15) is 0 Å². The minimum atomic E-state index is 0.388. The van der Waals surface area contributed by atoms with Gasteiger partial charge in [-0.15, -0.1) is 0 Å². The predicted molar refractivity (Wildman–Crippen MR) is 64.4 cm³/mol. The van der Waals surface area contributed by atoms with Gasteiger partial charge in [-0.05, 0) is 44.0 Å². The molecule has 84 valence electrons. The zero-order valence-corrected chi connectivity index (χ0v) is 10.1. The number of hydrogen-bond acceptors (Lipinski definition) is 2. The minimum absolute atomic E-state index is 0.388. The van der Waals surface area contributed by atoms with E-state index in [9.17, 15) is 0 Å². The summed E-state index contributed by atoms with van der Waals surface area (Å²) < 4.78 is 5.31. The molecule has 0 heterocycles. The van der Waals surface area contributed by atoms with E-state index in [-0.39, 0.29) is 0 Å². The lowest BCUT2D eigenvalue weighted by Crippen LogP contribution is -2.19. The Bertz CT molecular complexity index is 309. The molecular weight excluding hydrogens is 186 g/mol. The number of rotatable bonds is 5. The van der Waals surface area contributed by atoms with Crippen LogP contribution >= 0.6 is 0 Å². The summed E-state index contributed by atoms with van der Waals surface area (Å²) in [6.45, 7) is 7.47. The highest BCUT2D eigenvalue weighted by Gasteiger charge is 2.06. The number of methoxy groups -OCH3 is 1. The van der Waals surface area contributed by atoms with Crippen LogP contribution in [0.4, 0.5) is 0 Å². The Labute approximate surface area is 92.6 Å². The van der Waals surface area contributed by atoms with Gasteiger partial charge in [-0.1, -0.05) is 19.1 Å². The molecule has 0 aliphatic rings. The van der Waals surface area contributed by atoms with E-state index in [2.05, 4.69) is 44.3 Å². The minimum Gasteiger partial charge on any atom is -0.496 e. The summed E-state index contributed by atoms with van der Waals surface area (Å²) >= 11 is 0. The first-order chi connectivity index (χ1) is 7.19. The summed E-state index contributed by atoms with van der Waals surface area (Å²) in [6.07, 6.45) is 1.16. The fourth-order valence-electron chi connectivity index (χ4n) is 1.58. The largest absolute Gasteiger partial charge is 0.496 e. The topological polar surface area (TPSA) is 21.3 Å². The quantitative estimate of drug-likeness (QED) is 0.801. The van der Waals surface area contributed by atoms with E-state index < -0.39 is 0 Å². The molecule has 1 rings (SSSR count). The summed E-state index contributed by atoms with van der Waals surface area (Å²) in [5, 5.41) is 3.46. The Kier molecular flexibility index (Phi) is 4.63. The Morgan fingerprint density at radius 3 is 2.73 bits per heavy atom. The molecule has 0 radical (unpaired) electrons. The van der Waals surface area contributed by atoms with E-state index in [4.69, 9.17) is 4.74 Å². The molecule has 0 spiro atoms. The molecule has 0 saturated heterocycles. The first kappa shape index (κ1) is 12.1. The molecule has 2 heteroatoms. The van der Waals surface area contributed by atoms with Gasteiger partial charge in [-0.25, -0.2) is 0 Å². The van der Waals surface area contributed by atoms with Gasteiger partial charge in [0.15, 0.2) is 0 Å². The fourth-order valence-corrected chi connectivity index (χ4v) is 1.58. The van der Waals surface area contributed by atoms with Crippen molar-refractivity contribution in [3.63, 3.8) is 0 Å². The zero-order valence-electron chi connectivity index (χ0n) is 10.1. The third kappa shape index (κ3) is 3.24. The molecule has 0 saturated carbocycles. The second-order valence-electron chi connectivity index (χ2n) is 3.90. The number of nitrogens with one attached hydrogen (secondary N) is 1. The maximum Gasteiger partial charge on any atom is 0.122 e. The van der Waals surface area contributed by atoms with Gasteiger partial charge in [0.25, 0.3) is 0 Å². The smallest absolute Gasteiger partial charge is 0.122 e. The van der Waals surface area contributed by atoms with Gasteiger partial charge >= 0.3 is 0 Å². The van der Waals surface area contributed by atoms with E-state index in [1.807, 2.05) is 0 Å². The molecule has 1 aromatic rings. The van der Waals surface area contributed by atoms with Gasteiger partial charge in [0, 0.05) is 6.04 Å². The van der Waals surface area contributed by atoms with Crippen molar-refractivity contribution in [2.75, 3.05) is 13.7 Å². The van der Waals surface area contributed by atoms with Crippen molar-refractivity contribution in [2.45, 2.75) is 33.2 Å². The predicted octanol–water partition coefficient (Wildman–Crippen LogP) is 3.06. The number of hydrogen-bond donors (Lipinski definition) is 1. The van der Waals surface area contributed by atoms with E-state index in [1.54, 1.807) is 7.11 Å². The van der Waals surface area contributed by atoms with Crippen molar-refractivity contribution in [2.24, 2.45) is 0 Å². The van der Waals surface area contributed by atoms with Crippen LogP contribution in [0.25, 0.3) is 0 Å². The third-order valence-corrected chi connectivity index (χ3v) is 2.63. The van der Waals surface area contributed by atoms with Crippen LogP contribution in [0.3, 0.4) is 0 Å². The highest BCUT2D eigenvalue weighted by Crippen LogP contribution is 2.22. The van der Waals surface area contributed by atoms with Gasteiger partial charge in [0.05, 0.1) is 7.11 Å². The SMILES string of the molecule is CCCNC(C)c1ccc(C)c(OC)c1. The Balaban J connectivity index is 2.76. The fraction of sp³-hybridized carbons (Fsp3) is 0.538. The van der Waals surface area contributed by atoms with Crippen molar-refractivity contribution >= 4 is 0 Å². The van der Waals surface area contributed by atoms with Crippen molar-refractivity contribution in [1.29, 1.82) is 0 Å². The van der Waals surface area contributed by atoms with Crippen LogP contribution in [0, 0.1) is 6.92 Å². The summed E-state index contributed by atoms with van der Waals surface area (Å²) in [5.74, 6) is 0.970. The van der Waals surface area contributed by atoms with Gasteiger partial charge in [-0.3, -0.25) is 0 Å². The van der Waals surface area contributed by atoms with Gasteiger partial charge in [0.1, 0.15) is 5.75 Å². The van der Waals surface area contributed by atoms with Gasteiger partial charge < -0.3 is 10.1 Å². The van der Waals surface area contributed by atoms with Crippen LogP contribution in [0.15, 0.2) is 18.2 Å². The van der Waals surface area contributed by atoms with Crippen LogP contribution in [-0.4, -0.2) is 13.7 Å². The third-order valence-electron chi connectivity index (χ3n) is 2.63. The van der Waals surface area contributed by atoms with E-state index in [0.717, 1.165) is 18.7 Å². The summed E-state index contributed by atoms with van der Waals surface area (Å²) in [6, 6.07) is 6.77. The van der Waals surface area contributed by atoms with Crippen molar-refractivity contribution in [1.82, 2.24) is 5.32 Å². The van der Waals surface area contributed by atoms with E-state index in [0.29, 0.717) is 6.04 Å². The Morgan fingerprint density at radius 1 is 1.40 bits per heavy atom. The zero-order chi connectivity index (χ0) is 11.3. The monoisotopic (exact) mass is 207 g/mol.